The van der Waals surface area contributed by atoms with Gasteiger partial charge in [-0.3, -0.25) is 16.3 Å². The molecule has 6 N–H and O–H groups in total. The maximum Gasteiger partial charge on any atom is 0.431 e. The first-order valence-corrected chi connectivity index (χ1v) is 7.89. The molecular formula is C16H21F3N6O2. The van der Waals surface area contributed by atoms with Crippen molar-refractivity contribution in [1.29, 1.82) is 0 Å². The van der Waals surface area contributed by atoms with Crippen LogP contribution in [0.5, 0.6) is 5.75 Å². The minimum absolute atomic E-state index is 0.147. The number of hydrazone groups is 1. The normalized spacial score (nSPS) is 17.3. The second-order valence-corrected chi connectivity index (χ2v) is 6.99. The third-order valence-corrected chi connectivity index (χ3v) is 3.52. The van der Waals surface area contributed by atoms with Crippen LogP contribution < -0.4 is 21.9 Å². The van der Waals surface area contributed by atoms with Gasteiger partial charge in [0.15, 0.2) is 0 Å². The van der Waals surface area contributed by atoms with Gasteiger partial charge in [-0.15, -0.1) is 0 Å². The number of rotatable bonds is 4. The van der Waals surface area contributed by atoms with Gasteiger partial charge < -0.3 is 10.5 Å². The van der Waals surface area contributed by atoms with Crippen molar-refractivity contribution >= 4 is 23.1 Å². The van der Waals surface area contributed by atoms with E-state index in [1.165, 1.54) is 29.3 Å². The first kappa shape index (κ1) is 20.6. The number of carbonyl (C=O) groups is 1. The van der Waals surface area contributed by atoms with Gasteiger partial charge in [0.25, 0.3) is 11.8 Å². The molecule has 0 aromatic heterocycles. The summed E-state index contributed by atoms with van der Waals surface area (Å²) in [5, 5.41) is 4.93. The molecule has 0 atom stereocenters. The quantitative estimate of drug-likeness (QED) is 0.676. The van der Waals surface area contributed by atoms with E-state index in [2.05, 4.69) is 10.1 Å². The molecule has 0 unspecified atom stereocenters. The summed E-state index contributed by atoms with van der Waals surface area (Å²) in [6.45, 7) is 5.19. The van der Waals surface area contributed by atoms with E-state index in [0.717, 1.165) is 0 Å². The number of hydrogen-bond acceptors (Lipinski definition) is 6. The molecule has 0 bridgehead atoms. The van der Waals surface area contributed by atoms with Crippen molar-refractivity contribution < 1.29 is 22.7 Å². The van der Waals surface area contributed by atoms with Crippen molar-refractivity contribution in [3.05, 3.63) is 24.3 Å². The van der Waals surface area contributed by atoms with Crippen LogP contribution in [0.2, 0.25) is 0 Å². The first-order chi connectivity index (χ1) is 12.2. The monoisotopic (exact) mass is 386 g/mol. The summed E-state index contributed by atoms with van der Waals surface area (Å²) in [7, 11) is 0. The summed E-state index contributed by atoms with van der Waals surface area (Å²) in [5.74, 6) is -2.94. The second-order valence-electron chi connectivity index (χ2n) is 6.99. The van der Waals surface area contributed by atoms with Gasteiger partial charge >= 0.3 is 6.18 Å². The summed E-state index contributed by atoms with van der Waals surface area (Å²) in [5.41, 5.74) is 14.6. The number of ether oxygens (including phenoxy) is 1. The predicted molar refractivity (Wildman–Crippen MR) is 94.2 cm³/mol. The molecule has 0 fully saturated rings. The van der Waals surface area contributed by atoms with Gasteiger partial charge in [-0.05, 0) is 45.0 Å². The molecule has 1 heterocycles. The number of carbonyl (C=O) groups excluding carboxylic acids is 1. The van der Waals surface area contributed by atoms with Crippen LogP contribution in [0.15, 0.2) is 34.4 Å². The van der Waals surface area contributed by atoms with E-state index in [-0.39, 0.29) is 11.6 Å². The van der Waals surface area contributed by atoms with E-state index in [0.29, 0.717) is 5.69 Å². The Morgan fingerprint density at radius 3 is 2.19 bits per heavy atom. The number of alkyl halides is 3. The summed E-state index contributed by atoms with van der Waals surface area (Å²) >= 11 is 0. The molecule has 148 valence electrons. The van der Waals surface area contributed by atoms with Crippen molar-refractivity contribution in [2.75, 3.05) is 0 Å². The highest BCUT2D eigenvalue weighted by Gasteiger charge is 2.43. The van der Waals surface area contributed by atoms with Crippen LogP contribution in [0.3, 0.4) is 0 Å². The average molecular weight is 386 g/mol. The molecule has 0 spiro atoms. The summed E-state index contributed by atoms with van der Waals surface area (Å²) < 4.78 is 44.1. The van der Waals surface area contributed by atoms with Crippen molar-refractivity contribution in [3.63, 3.8) is 0 Å². The number of nitrogens with zero attached hydrogens (tertiary/aromatic N) is 3. The fourth-order valence-electron chi connectivity index (χ4n) is 2.20. The lowest BCUT2D eigenvalue weighted by molar-refractivity contribution is -0.132. The number of amidine groups is 1. The molecule has 2 rings (SSSR count). The lowest BCUT2D eigenvalue weighted by Crippen LogP contribution is -2.63. The van der Waals surface area contributed by atoms with Crippen LogP contribution in [-0.2, 0) is 4.79 Å². The maximum absolute atomic E-state index is 13.0. The zero-order valence-corrected chi connectivity index (χ0v) is 15.0. The van der Waals surface area contributed by atoms with Crippen molar-refractivity contribution in [2.45, 2.75) is 44.8 Å². The van der Waals surface area contributed by atoms with Gasteiger partial charge in [-0.2, -0.15) is 18.3 Å². The fraction of sp³-hybridized carbons (Fsp3) is 0.438. The van der Waals surface area contributed by atoms with E-state index in [9.17, 15) is 18.0 Å². The predicted octanol–water partition coefficient (Wildman–Crippen LogP) is 1.57. The fourth-order valence-corrected chi connectivity index (χ4v) is 2.20. The van der Waals surface area contributed by atoms with Crippen LogP contribution >= 0.6 is 0 Å². The Labute approximate surface area is 153 Å². The molecule has 8 nitrogen and oxygen atoms in total. The standard InChI is InChI=1S/C16H21F3N6O2/c1-14(2,3)25-12(8-11(24-25)15(17,18)19)23-9-4-6-10(7-5-9)27-16(21,22)13(20)26/h4-7H,8,21-22H2,1-3H3,(H2,20,26). The maximum atomic E-state index is 13.0. The third kappa shape index (κ3) is 4.95. The molecule has 27 heavy (non-hydrogen) atoms. The van der Waals surface area contributed by atoms with Crippen molar-refractivity contribution in [3.8, 4) is 5.75 Å². The summed E-state index contributed by atoms with van der Waals surface area (Å²) in [6.07, 6.45) is -4.96. The average Bonchev–Trinajstić information content (AvgIpc) is 2.93. The zero-order valence-electron chi connectivity index (χ0n) is 15.0. The number of primary amides is 1. The van der Waals surface area contributed by atoms with E-state index < -0.39 is 35.6 Å². The molecule has 0 saturated carbocycles. The Morgan fingerprint density at radius 1 is 1.19 bits per heavy atom. The Bertz CT molecular complexity index is 779. The minimum Gasteiger partial charge on any atom is -0.451 e. The van der Waals surface area contributed by atoms with Gasteiger partial charge in [-0.1, -0.05) is 0 Å². The molecule has 0 saturated heterocycles. The molecule has 1 aromatic carbocycles. The highest BCUT2D eigenvalue weighted by atomic mass is 19.4. The molecule has 11 heteroatoms. The lowest BCUT2D eigenvalue weighted by atomic mass is 10.1. The SMILES string of the molecule is CC(C)(C)N1N=C(C(F)(F)F)CC1=Nc1ccc(OC(N)(N)C(N)=O)cc1. The highest BCUT2D eigenvalue weighted by Crippen LogP contribution is 2.31. The van der Waals surface area contributed by atoms with Crippen LogP contribution in [0.4, 0.5) is 18.9 Å². The smallest absolute Gasteiger partial charge is 0.431 e. The van der Waals surface area contributed by atoms with E-state index in [4.69, 9.17) is 21.9 Å². The zero-order chi connectivity index (χ0) is 20.6. The number of aliphatic imine (C=N–C) groups is 1. The molecule has 1 aliphatic heterocycles. The topological polar surface area (TPSA) is 132 Å². The lowest BCUT2D eigenvalue weighted by Gasteiger charge is -2.30. The Hall–Kier alpha value is -2.66. The van der Waals surface area contributed by atoms with E-state index >= 15 is 0 Å². The van der Waals surface area contributed by atoms with Gasteiger partial charge in [-0.25, -0.2) is 10.0 Å². The third-order valence-electron chi connectivity index (χ3n) is 3.52. The van der Waals surface area contributed by atoms with Crippen LogP contribution in [0.25, 0.3) is 0 Å². The molecule has 1 aliphatic rings. The second kappa shape index (κ2) is 6.82. The Kier molecular flexibility index (Phi) is 5.21. The Morgan fingerprint density at radius 2 is 1.74 bits per heavy atom. The molecule has 1 aromatic rings. The van der Waals surface area contributed by atoms with Crippen molar-refractivity contribution in [2.24, 2.45) is 27.3 Å². The highest BCUT2D eigenvalue weighted by molar-refractivity contribution is 6.10. The van der Waals surface area contributed by atoms with Gasteiger partial charge in [0.2, 0.25) is 0 Å². The van der Waals surface area contributed by atoms with Gasteiger partial charge in [0.05, 0.1) is 17.6 Å². The number of hydrogen-bond donors (Lipinski definition) is 3. The molecule has 0 radical (unpaired) electrons. The first-order valence-electron chi connectivity index (χ1n) is 7.89. The number of benzene rings is 1. The van der Waals surface area contributed by atoms with Gasteiger partial charge in [0.1, 0.15) is 17.3 Å². The molecular weight excluding hydrogens is 365 g/mol. The number of halogens is 3. The minimum atomic E-state index is -4.53. The van der Waals surface area contributed by atoms with Crippen LogP contribution in [-0.4, -0.2) is 40.0 Å². The molecule has 0 aliphatic carbocycles. The van der Waals surface area contributed by atoms with Gasteiger partial charge in [0, 0.05) is 0 Å². The Balaban J connectivity index is 2.26. The number of amides is 1. The molecule has 1 amide bonds. The van der Waals surface area contributed by atoms with E-state index in [1.54, 1.807) is 20.8 Å². The van der Waals surface area contributed by atoms with Crippen LogP contribution in [0, 0.1) is 0 Å². The number of nitrogens with two attached hydrogens (primary N) is 3. The van der Waals surface area contributed by atoms with Crippen LogP contribution in [0.1, 0.15) is 27.2 Å². The van der Waals surface area contributed by atoms with Crippen molar-refractivity contribution in [1.82, 2.24) is 5.01 Å². The largest absolute Gasteiger partial charge is 0.451 e. The van der Waals surface area contributed by atoms with E-state index in [1.807, 2.05) is 0 Å². The summed E-state index contributed by atoms with van der Waals surface area (Å²) in [4.78, 5) is 15.3. The summed E-state index contributed by atoms with van der Waals surface area (Å²) in [6, 6.07) is 5.79.